The van der Waals surface area contributed by atoms with E-state index in [4.69, 9.17) is 21.8 Å². The molecule has 0 amide bonds. The summed E-state index contributed by atoms with van der Waals surface area (Å²) in [7, 11) is 1.70. The molecule has 2 aliphatic heterocycles. The molecule has 2 radical (unpaired) electrons. The number of nitrogens with one attached hydrogen (secondary N) is 1. The van der Waals surface area contributed by atoms with Crippen LogP contribution in [-0.2, 0) is 18.6 Å². The fourth-order valence-electron chi connectivity index (χ4n) is 1.86. The fraction of sp³-hybridized carbons (Fsp3) is 1.00. The Kier molecular flexibility index (Phi) is 3.45. The van der Waals surface area contributed by atoms with Gasteiger partial charge < -0.3 is 18.9 Å². The summed E-state index contributed by atoms with van der Waals surface area (Å²) in [6, 6.07) is -1.19. The van der Waals surface area contributed by atoms with Crippen LogP contribution in [0.2, 0.25) is 0 Å². The van der Waals surface area contributed by atoms with Crippen molar-refractivity contribution in [3.05, 3.63) is 0 Å². The molecule has 8 heteroatoms. The van der Waals surface area contributed by atoms with Crippen molar-refractivity contribution in [1.82, 2.24) is 5.09 Å². The summed E-state index contributed by atoms with van der Waals surface area (Å²) in [5.74, 6) is 0. The molecule has 0 saturated carbocycles. The minimum absolute atomic E-state index is 0.0484. The molecule has 2 heterocycles. The Labute approximate surface area is 95.6 Å². The first-order valence-corrected chi connectivity index (χ1v) is 6.73. The van der Waals surface area contributed by atoms with Gasteiger partial charge in [0.15, 0.2) is 0 Å². The third-order valence-corrected chi connectivity index (χ3v) is 3.70. The van der Waals surface area contributed by atoms with Crippen LogP contribution >= 0.6 is 7.75 Å². The molecule has 6 nitrogen and oxygen atoms in total. The Bertz CT molecular complexity index is 315. The normalized spacial score (nSPS) is 47.5. The summed E-state index contributed by atoms with van der Waals surface area (Å²) >= 11 is 0. The van der Waals surface area contributed by atoms with Crippen molar-refractivity contribution in [3.8, 4) is 0 Å². The molecule has 0 aliphatic carbocycles. The van der Waals surface area contributed by atoms with E-state index in [-0.39, 0.29) is 12.7 Å². The van der Waals surface area contributed by atoms with E-state index >= 15 is 0 Å². The van der Waals surface area contributed by atoms with Crippen molar-refractivity contribution in [2.75, 3.05) is 6.61 Å². The molecule has 2 rings (SSSR count). The lowest BCUT2D eigenvalue weighted by Gasteiger charge is -2.22. The van der Waals surface area contributed by atoms with Crippen LogP contribution in [0.15, 0.2) is 0 Å². The highest BCUT2D eigenvalue weighted by atomic mass is 31.2. The molecule has 16 heavy (non-hydrogen) atoms. The molecule has 1 N–H and O–H groups in total. The highest BCUT2D eigenvalue weighted by Gasteiger charge is 2.50. The molecule has 2 saturated heterocycles. The van der Waals surface area contributed by atoms with E-state index in [0.29, 0.717) is 0 Å². The molecule has 90 valence electrons. The second kappa shape index (κ2) is 4.40. The van der Waals surface area contributed by atoms with Gasteiger partial charge in [-0.3, -0.25) is 4.57 Å². The van der Waals surface area contributed by atoms with E-state index in [9.17, 15) is 9.46 Å². The Morgan fingerprint density at radius 1 is 1.62 bits per heavy atom. The topological polar surface area (TPSA) is 79.9 Å². The van der Waals surface area contributed by atoms with Crippen molar-refractivity contribution in [2.45, 2.75) is 44.2 Å². The van der Waals surface area contributed by atoms with Gasteiger partial charge in [-0.25, -0.2) is 5.09 Å². The minimum atomic E-state index is -3.96. The maximum atomic E-state index is 11.2. The average molecular weight is 246 g/mol. The van der Waals surface area contributed by atoms with Gasteiger partial charge in [-0.1, -0.05) is 0 Å². The maximum Gasteiger partial charge on any atom is 0.205 e. The second-order valence-electron chi connectivity index (χ2n) is 4.24. The number of fused-ring (bicyclic) bond motifs is 1. The third kappa shape index (κ3) is 2.50. The van der Waals surface area contributed by atoms with Crippen LogP contribution in [0.25, 0.3) is 0 Å². The third-order valence-electron chi connectivity index (χ3n) is 2.57. The summed E-state index contributed by atoms with van der Waals surface area (Å²) in [5.41, 5.74) is 0. The molecule has 0 aromatic carbocycles. The van der Waals surface area contributed by atoms with Crippen LogP contribution < -0.4 is 9.98 Å². The molecule has 2 fully saturated rings. The molecular weight excluding hydrogens is 232 g/mol. The first kappa shape index (κ1) is 12.5. The van der Waals surface area contributed by atoms with Gasteiger partial charge in [0.25, 0.3) is 0 Å². The lowest BCUT2D eigenvalue weighted by molar-refractivity contribution is -0.202. The van der Waals surface area contributed by atoms with E-state index in [1.54, 1.807) is 0 Å². The van der Waals surface area contributed by atoms with Gasteiger partial charge in [-0.05, 0) is 13.8 Å². The maximum absolute atomic E-state index is 11.2. The first-order chi connectivity index (χ1) is 7.39. The molecule has 2 aliphatic rings. The van der Waals surface area contributed by atoms with Gasteiger partial charge in [0.05, 0.1) is 18.8 Å². The standard InChI is InChI=1S/C8H15BNO5P/c1-4(2)13-3-5-7-6(8(9)14-5)10-16(11,12)15-7/h4-8H,3H2,1-2H3,(H2,10,11,12)/p-1/t5-,6?,7+,8-/m1/s1. The Morgan fingerprint density at radius 3 is 2.94 bits per heavy atom. The van der Waals surface area contributed by atoms with Gasteiger partial charge in [0, 0.05) is 6.00 Å². The van der Waals surface area contributed by atoms with E-state index in [2.05, 4.69) is 5.09 Å². The SMILES string of the molecule is [B][C@@H]1O[C@H](COC(C)C)[C@@H]2OP(=O)([O-])NC12. The van der Waals surface area contributed by atoms with E-state index in [1.165, 1.54) is 0 Å². The van der Waals surface area contributed by atoms with E-state index in [1.807, 2.05) is 13.8 Å². The predicted molar refractivity (Wildman–Crippen MR) is 54.9 cm³/mol. The fourth-order valence-corrected chi connectivity index (χ4v) is 3.16. The van der Waals surface area contributed by atoms with Gasteiger partial charge in [0.2, 0.25) is 7.75 Å². The van der Waals surface area contributed by atoms with Crippen LogP contribution in [0, 0.1) is 0 Å². The Hall–Kier alpha value is 0.0949. The Morgan fingerprint density at radius 2 is 2.31 bits per heavy atom. The Balaban J connectivity index is 1.99. The van der Waals surface area contributed by atoms with Crippen molar-refractivity contribution >= 4 is 15.6 Å². The monoisotopic (exact) mass is 246 g/mol. The predicted octanol–water partition coefficient (Wildman–Crippen LogP) is -0.870. The first-order valence-electron chi connectivity index (χ1n) is 5.19. The quantitative estimate of drug-likeness (QED) is 0.515. The molecule has 0 aromatic heterocycles. The van der Waals surface area contributed by atoms with E-state index < -0.39 is 32.0 Å². The second-order valence-corrected chi connectivity index (χ2v) is 5.71. The smallest absolute Gasteiger partial charge is 0.205 e. The van der Waals surface area contributed by atoms with Crippen LogP contribution in [0.3, 0.4) is 0 Å². The minimum Gasteiger partial charge on any atom is -0.766 e. The highest BCUT2D eigenvalue weighted by molar-refractivity contribution is 7.49. The summed E-state index contributed by atoms with van der Waals surface area (Å²) < 4.78 is 26.9. The number of hydrogen-bond acceptors (Lipinski definition) is 5. The average Bonchev–Trinajstić information content (AvgIpc) is 2.59. The zero-order chi connectivity index (χ0) is 11.9. The van der Waals surface area contributed by atoms with Crippen LogP contribution in [0.4, 0.5) is 0 Å². The number of ether oxygens (including phenoxy) is 2. The van der Waals surface area contributed by atoms with E-state index in [0.717, 1.165) is 0 Å². The van der Waals surface area contributed by atoms with Gasteiger partial charge >= 0.3 is 0 Å². The van der Waals surface area contributed by atoms with Gasteiger partial charge in [-0.15, -0.1) is 0 Å². The van der Waals surface area contributed by atoms with Gasteiger partial charge in [-0.2, -0.15) is 0 Å². The summed E-state index contributed by atoms with van der Waals surface area (Å²) in [5, 5.41) is 2.33. The molecule has 0 spiro atoms. The van der Waals surface area contributed by atoms with Crippen LogP contribution in [0.1, 0.15) is 13.8 Å². The van der Waals surface area contributed by atoms with Crippen LogP contribution in [0.5, 0.6) is 0 Å². The van der Waals surface area contributed by atoms with Gasteiger partial charge in [0.1, 0.15) is 20.1 Å². The van der Waals surface area contributed by atoms with Crippen molar-refractivity contribution in [2.24, 2.45) is 0 Å². The molecule has 2 unspecified atom stereocenters. The number of hydrogen-bond donors (Lipinski definition) is 1. The lowest BCUT2D eigenvalue weighted by atomic mass is 9.91. The highest BCUT2D eigenvalue weighted by Crippen LogP contribution is 2.46. The molecule has 0 bridgehead atoms. The molecule has 0 aromatic rings. The van der Waals surface area contributed by atoms with Crippen molar-refractivity contribution in [1.29, 1.82) is 0 Å². The zero-order valence-electron chi connectivity index (χ0n) is 9.16. The van der Waals surface area contributed by atoms with Crippen molar-refractivity contribution in [3.63, 3.8) is 0 Å². The summed E-state index contributed by atoms with van der Waals surface area (Å²) in [6.45, 7) is 4.05. The molecule has 5 atom stereocenters. The van der Waals surface area contributed by atoms with Crippen LogP contribution in [-0.4, -0.2) is 44.8 Å². The lowest BCUT2D eigenvalue weighted by Crippen LogP contribution is -2.37. The largest absolute Gasteiger partial charge is 0.766 e. The zero-order valence-corrected chi connectivity index (χ0v) is 10.1. The summed E-state index contributed by atoms with van der Waals surface area (Å²) in [4.78, 5) is 11.2. The van der Waals surface area contributed by atoms with Crippen molar-refractivity contribution < 1.29 is 23.5 Å². The number of rotatable bonds is 3. The summed E-state index contributed by atoms with van der Waals surface area (Å²) in [6.07, 6.45) is -0.982. The molecular formula is C8H14BNO5P-.